The fraction of sp³-hybridized carbons (Fsp3) is 0.433. The van der Waals surface area contributed by atoms with Crippen molar-refractivity contribution in [2.24, 2.45) is 0 Å². The maximum absolute atomic E-state index is 12.8. The van der Waals surface area contributed by atoms with Gasteiger partial charge in [-0.25, -0.2) is 14.4 Å². The van der Waals surface area contributed by atoms with E-state index >= 15 is 0 Å². The van der Waals surface area contributed by atoms with Crippen LogP contribution in [0.2, 0.25) is 0 Å². The third-order valence-electron chi connectivity index (χ3n) is 6.65. The molecule has 1 aliphatic heterocycles. The van der Waals surface area contributed by atoms with Gasteiger partial charge in [-0.05, 0) is 62.3 Å². The van der Waals surface area contributed by atoms with Crippen molar-refractivity contribution in [3.63, 3.8) is 0 Å². The molecule has 1 atom stereocenters. The molecular formula is C30H35N3O10. The Morgan fingerprint density at radius 1 is 0.884 bits per heavy atom. The van der Waals surface area contributed by atoms with Crippen LogP contribution in [0.4, 0.5) is 9.59 Å². The number of benzene rings is 2. The fourth-order valence-corrected chi connectivity index (χ4v) is 4.68. The molecule has 230 valence electrons. The third-order valence-corrected chi connectivity index (χ3v) is 6.65. The number of hydrogen-bond acceptors (Lipinski definition) is 10. The molecule has 2 aromatic rings. The number of nitrogens with zero attached hydrogens (tertiary/aromatic N) is 1. The zero-order chi connectivity index (χ0) is 31.0. The number of imide groups is 1. The third kappa shape index (κ3) is 8.52. The highest BCUT2D eigenvalue weighted by Gasteiger charge is 2.36. The van der Waals surface area contributed by atoms with Crippen molar-refractivity contribution in [1.29, 1.82) is 0 Å². The van der Waals surface area contributed by atoms with Crippen LogP contribution in [0.5, 0.6) is 0 Å². The van der Waals surface area contributed by atoms with Gasteiger partial charge in [0.05, 0.1) is 0 Å². The number of unbranched alkanes of at least 4 members (excludes halogenated alkanes) is 1. The summed E-state index contributed by atoms with van der Waals surface area (Å²) in [4.78, 5) is 85.9. The molecule has 0 aromatic heterocycles. The topological polar surface area (TPSA) is 159 Å². The van der Waals surface area contributed by atoms with Crippen LogP contribution in [0.15, 0.2) is 48.5 Å². The van der Waals surface area contributed by atoms with Gasteiger partial charge in [0.25, 0.3) is 11.8 Å². The van der Waals surface area contributed by atoms with Crippen LogP contribution in [-0.4, -0.2) is 59.8 Å². The molecule has 0 bridgehead atoms. The summed E-state index contributed by atoms with van der Waals surface area (Å²) < 4.78 is 0. The van der Waals surface area contributed by atoms with E-state index in [1.54, 1.807) is 20.8 Å². The van der Waals surface area contributed by atoms with Crippen molar-refractivity contribution in [3.8, 4) is 11.1 Å². The quantitative estimate of drug-likeness (QED) is 0.158. The Morgan fingerprint density at radius 3 is 2.09 bits per heavy atom. The predicted molar refractivity (Wildman–Crippen MR) is 149 cm³/mol. The van der Waals surface area contributed by atoms with Crippen molar-refractivity contribution in [3.05, 3.63) is 59.7 Å². The first-order valence-corrected chi connectivity index (χ1v) is 14.0. The largest absolute Gasteiger partial charge is 0.439 e. The lowest BCUT2D eigenvalue weighted by Gasteiger charge is -2.20. The highest BCUT2D eigenvalue weighted by Crippen LogP contribution is 2.44. The maximum atomic E-state index is 12.8. The van der Waals surface area contributed by atoms with E-state index < -0.39 is 41.6 Å². The van der Waals surface area contributed by atoms with Crippen LogP contribution in [0, 0.1) is 0 Å². The molecule has 4 amide bonds. The van der Waals surface area contributed by atoms with Gasteiger partial charge in [-0.1, -0.05) is 48.5 Å². The molecule has 2 N–H and O–H groups in total. The Hall–Kier alpha value is -4.49. The first-order chi connectivity index (χ1) is 20.5. The highest BCUT2D eigenvalue weighted by molar-refractivity contribution is 6.01. The number of nitrogens with one attached hydrogen (secondary N) is 2. The van der Waals surface area contributed by atoms with Gasteiger partial charge >= 0.3 is 18.2 Å². The number of carbonyl (C=O) groups is 5. The van der Waals surface area contributed by atoms with Crippen molar-refractivity contribution in [2.45, 2.75) is 70.4 Å². The lowest BCUT2D eigenvalue weighted by Crippen LogP contribution is -2.45. The van der Waals surface area contributed by atoms with E-state index in [0.717, 1.165) is 22.3 Å². The minimum atomic E-state index is -1.28. The van der Waals surface area contributed by atoms with E-state index in [-0.39, 0.29) is 38.3 Å². The second-order valence-electron chi connectivity index (χ2n) is 11.1. The summed E-state index contributed by atoms with van der Waals surface area (Å²) in [5.74, 6) is -2.49. The van der Waals surface area contributed by atoms with Crippen molar-refractivity contribution in [1.82, 2.24) is 15.7 Å². The van der Waals surface area contributed by atoms with Gasteiger partial charge in [-0.3, -0.25) is 19.4 Å². The van der Waals surface area contributed by atoms with Crippen LogP contribution in [0.3, 0.4) is 0 Å². The van der Waals surface area contributed by atoms with Gasteiger partial charge < -0.3 is 15.5 Å². The summed E-state index contributed by atoms with van der Waals surface area (Å²) in [7, 11) is 0. The minimum absolute atomic E-state index is 0.0358. The fourth-order valence-electron chi connectivity index (χ4n) is 4.68. The van der Waals surface area contributed by atoms with Gasteiger partial charge in [0, 0.05) is 25.3 Å². The summed E-state index contributed by atoms with van der Waals surface area (Å²) >= 11 is 0. The highest BCUT2D eigenvalue weighted by atomic mass is 17.2. The van der Waals surface area contributed by atoms with Gasteiger partial charge in [-0.15, -0.1) is 5.06 Å². The van der Waals surface area contributed by atoms with Gasteiger partial charge in [0.15, 0.2) is 0 Å². The molecule has 1 aliphatic carbocycles. The van der Waals surface area contributed by atoms with Crippen LogP contribution >= 0.6 is 0 Å². The van der Waals surface area contributed by atoms with Crippen molar-refractivity contribution < 1.29 is 48.4 Å². The van der Waals surface area contributed by atoms with Gasteiger partial charge in [0.2, 0.25) is 0 Å². The molecule has 0 unspecified atom stereocenters. The molecule has 0 spiro atoms. The van der Waals surface area contributed by atoms with E-state index in [2.05, 4.69) is 15.5 Å². The zero-order valence-corrected chi connectivity index (χ0v) is 24.3. The number of rotatable bonds is 12. The van der Waals surface area contributed by atoms with E-state index in [0.29, 0.717) is 17.9 Å². The van der Waals surface area contributed by atoms with E-state index in [1.165, 1.54) is 0 Å². The first kappa shape index (κ1) is 31.4. The Kier molecular flexibility index (Phi) is 10.3. The van der Waals surface area contributed by atoms with Crippen LogP contribution in [0.1, 0.15) is 69.9 Å². The second kappa shape index (κ2) is 14.1. The zero-order valence-electron chi connectivity index (χ0n) is 24.3. The van der Waals surface area contributed by atoms with E-state index in [9.17, 15) is 24.0 Å². The molecule has 1 heterocycles. The summed E-state index contributed by atoms with van der Waals surface area (Å²) in [6.07, 6.45) is -1.21. The normalized spacial score (nSPS) is 15.0. The molecule has 0 radical (unpaired) electrons. The number of hydroxylamine groups is 2. The average molecular weight is 598 g/mol. The van der Waals surface area contributed by atoms with Crippen LogP contribution in [-0.2, 0) is 38.8 Å². The Balaban J connectivity index is 1.29. The number of hydrogen-bond donors (Lipinski definition) is 2. The summed E-state index contributed by atoms with van der Waals surface area (Å²) in [5, 5.41) is 5.29. The van der Waals surface area contributed by atoms with Crippen LogP contribution in [0.25, 0.3) is 11.1 Å². The summed E-state index contributed by atoms with van der Waals surface area (Å²) in [5.41, 5.74) is 3.57. The van der Waals surface area contributed by atoms with Crippen LogP contribution < -0.4 is 10.6 Å². The average Bonchev–Trinajstić information content (AvgIpc) is 3.46. The molecule has 4 rings (SSSR count). The molecule has 13 heteroatoms. The summed E-state index contributed by atoms with van der Waals surface area (Å²) in [6, 6.07) is 14.5. The number of carbonyl (C=O) groups excluding carboxylic acids is 5. The Bertz CT molecular complexity index is 1290. The molecular weight excluding hydrogens is 562 g/mol. The summed E-state index contributed by atoms with van der Waals surface area (Å²) in [6.45, 7) is 5.39. The number of amides is 4. The number of fused-ring (bicyclic) bond motifs is 3. The minimum Gasteiger partial charge on any atom is -0.328 e. The van der Waals surface area contributed by atoms with E-state index in [4.69, 9.17) is 19.5 Å². The Labute approximate surface area is 248 Å². The predicted octanol–water partition coefficient (Wildman–Crippen LogP) is 4.06. The van der Waals surface area contributed by atoms with Gasteiger partial charge in [-0.2, -0.15) is 9.78 Å². The van der Waals surface area contributed by atoms with Crippen molar-refractivity contribution in [2.75, 3.05) is 13.2 Å². The monoisotopic (exact) mass is 597 g/mol. The lowest BCUT2D eigenvalue weighted by atomic mass is 9.98. The molecule has 13 nitrogen and oxygen atoms in total. The lowest BCUT2D eigenvalue weighted by molar-refractivity contribution is -0.300. The first-order valence-electron chi connectivity index (χ1n) is 14.0. The standard InChI is InChI=1S/C30H35N3O10/c1-30(2,3)43-42-28(37)31-17-9-8-14-24(27(36)40-33-25(34)15-16-26(33)35)32-29(38)41-39-18-23-21-12-6-4-10-19(21)20-11-5-7-13-22(20)23/h4-7,10-13,23-24H,8-9,14-18H2,1-3H3,(H,31,37)(H,32,38)/t24-/m0/s1. The SMILES string of the molecule is CC(C)(C)OOC(=O)NCCCC[C@H](NC(=O)OOCC1c2ccccc2-c2ccccc21)C(=O)ON1C(=O)CCC1=O. The molecule has 2 aromatic carbocycles. The molecule has 1 saturated heterocycles. The second-order valence-corrected chi connectivity index (χ2v) is 11.1. The maximum Gasteiger partial charge on any atom is 0.439 e. The molecule has 43 heavy (non-hydrogen) atoms. The molecule has 2 aliphatic rings. The Morgan fingerprint density at radius 2 is 1.49 bits per heavy atom. The van der Waals surface area contributed by atoms with Gasteiger partial charge in [0.1, 0.15) is 18.2 Å². The molecule has 0 saturated carbocycles. The molecule has 1 fully saturated rings. The smallest absolute Gasteiger partial charge is 0.328 e. The van der Waals surface area contributed by atoms with E-state index in [1.807, 2.05) is 48.5 Å². The van der Waals surface area contributed by atoms with Crippen molar-refractivity contribution >= 4 is 30.0 Å².